The second-order valence-electron chi connectivity index (χ2n) is 6.58. The largest absolute Gasteiger partial charge is 0.495 e. The van der Waals surface area contributed by atoms with Crippen LogP contribution in [0, 0.1) is 6.92 Å². The Kier molecular flexibility index (Phi) is 6.50. The molecule has 0 fully saturated rings. The first-order chi connectivity index (χ1) is 13.9. The fraction of sp³-hybridized carbons (Fsp3) is 0.273. The van der Waals surface area contributed by atoms with Crippen LogP contribution < -0.4 is 4.74 Å². The number of hydrogen-bond donors (Lipinski definition) is 0. The van der Waals surface area contributed by atoms with Gasteiger partial charge in [-0.25, -0.2) is 0 Å². The van der Waals surface area contributed by atoms with Gasteiger partial charge in [-0.2, -0.15) is 0 Å². The molecule has 0 amide bonds. The van der Waals surface area contributed by atoms with Gasteiger partial charge in [-0.05, 0) is 55.3 Å². The smallest absolute Gasteiger partial charge is 0.310 e. The van der Waals surface area contributed by atoms with Crippen molar-refractivity contribution in [1.82, 2.24) is 4.57 Å². The van der Waals surface area contributed by atoms with Crippen molar-refractivity contribution < 1.29 is 19.1 Å². The minimum absolute atomic E-state index is 0.0100. The summed E-state index contributed by atoms with van der Waals surface area (Å²) in [5.41, 5.74) is 2.35. The fourth-order valence-electron chi connectivity index (χ4n) is 3.29. The number of benzene rings is 2. The van der Waals surface area contributed by atoms with E-state index in [4.69, 9.17) is 32.7 Å². The van der Waals surface area contributed by atoms with Gasteiger partial charge < -0.3 is 9.47 Å². The van der Waals surface area contributed by atoms with Crippen LogP contribution in [-0.4, -0.2) is 30.2 Å². The third kappa shape index (κ3) is 4.11. The summed E-state index contributed by atoms with van der Waals surface area (Å²) in [5, 5.41) is 1.51. The van der Waals surface area contributed by atoms with E-state index in [9.17, 15) is 9.59 Å². The van der Waals surface area contributed by atoms with E-state index >= 15 is 0 Å². The van der Waals surface area contributed by atoms with Crippen molar-refractivity contribution in [2.75, 3.05) is 13.7 Å². The van der Waals surface area contributed by atoms with E-state index in [0.29, 0.717) is 50.1 Å². The maximum absolute atomic E-state index is 13.3. The van der Waals surface area contributed by atoms with Crippen molar-refractivity contribution in [3.63, 3.8) is 0 Å². The number of aromatic nitrogens is 1. The van der Waals surface area contributed by atoms with Crippen LogP contribution in [-0.2, 0) is 16.0 Å². The van der Waals surface area contributed by atoms with E-state index in [0.717, 1.165) is 6.42 Å². The lowest BCUT2D eigenvalue weighted by Crippen LogP contribution is -2.14. The molecule has 0 atom stereocenters. The van der Waals surface area contributed by atoms with E-state index in [1.54, 1.807) is 47.9 Å². The topological polar surface area (TPSA) is 57.5 Å². The van der Waals surface area contributed by atoms with Crippen molar-refractivity contribution in [3.8, 4) is 5.75 Å². The maximum Gasteiger partial charge on any atom is 0.310 e. The highest BCUT2D eigenvalue weighted by Gasteiger charge is 2.25. The Hall–Kier alpha value is -2.50. The van der Waals surface area contributed by atoms with Crippen LogP contribution in [0.25, 0.3) is 10.9 Å². The number of nitrogens with zero attached hydrogens (tertiary/aromatic N) is 1. The molecule has 0 unspecified atom stereocenters. The molecule has 0 saturated carbocycles. The quantitative estimate of drug-likeness (QED) is 0.484. The molecular weight excluding hydrogens is 413 g/mol. The molecule has 2 aromatic carbocycles. The fourth-order valence-corrected chi connectivity index (χ4v) is 3.76. The molecule has 29 heavy (non-hydrogen) atoms. The molecule has 3 rings (SSSR count). The zero-order valence-corrected chi connectivity index (χ0v) is 17.9. The highest BCUT2D eigenvalue weighted by molar-refractivity contribution is 6.37. The Bertz CT molecular complexity index is 1070. The number of fused-ring (bicyclic) bond motifs is 1. The summed E-state index contributed by atoms with van der Waals surface area (Å²) >= 11 is 12.5. The van der Waals surface area contributed by atoms with Gasteiger partial charge in [-0.3, -0.25) is 14.2 Å². The second kappa shape index (κ2) is 8.89. The molecule has 3 aromatic rings. The molecule has 0 aliphatic heterocycles. The van der Waals surface area contributed by atoms with Crippen LogP contribution in [0.15, 0.2) is 36.4 Å². The first-order valence-electron chi connectivity index (χ1n) is 9.21. The third-order valence-electron chi connectivity index (χ3n) is 4.70. The molecule has 0 N–H and O–H groups in total. The lowest BCUT2D eigenvalue weighted by atomic mass is 10.1. The van der Waals surface area contributed by atoms with Gasteiger partial charge in [0.25, 0.3) is 5.91 Å². The van der Waals surface area contributed by atoms with Crippen molar-refractivity contribution in [2.45, 2.75) is 26.7 Å². The lowest BCUT2D eigenvalue weighted by molar-refractivity contribution is -0.142. The third-order valence-corrected chi connectivity index (χ3v) is 5.33. The maximum atomic E-state index is 13.3. The molecular formula is C22H21Cl2NO4. The van der Waals surface area contributed by atoms with E-state index in [-0.39, 0.29) is 18.3 Å². The van der Waals surface area contributed by atoms with E-state index in [1.807, 2.05) is 6.92 Å². The predicted octanol–water partition coefficient (Wildman–Crippen LogP) is 5.45. The minimum Gasteiger partial charge on any atom is -0.495 e. The Labute approximate surface area is 179 Å². The summed E-state index contributed by atoms with van der Waals surface area (Å²) in [6, 6.07) is 10.1. The number of esters is 1. The molecule has 0 radical (unpaired) electrons. The minimum atomic E-state index is -0.369. The van der Waals surface area contributed by atoms with Crippen LogP contribution in [0.1, 0.15) is 35.0 Å². The molecule has 0 aliphatic carbocycles. The van der Waals surface area contributed by atoms with Gasteiger partial charge in [-0.15, -0.1) is 0 Å². The van der Waals surface area contributed by atoms with Gasteiger partial charge in [0.2, 0.25) is 0 Å². The predicted molar refractivity (Wildman–Crippen MR) is 114 cm³/mol. The molecule has 1 heterocycles. The van der Waals surface area contributed by atoms with Gasteiger partial charge in [0.05, 0.1) is 30.7 Å². The van der Waals surface area contributed by atoms with Crippen LogP contribution in [0.5, 0.6) is 5.75 Å². The standard InChI is InChI=1S/C22H21Cl2NO4/c1-4-11-29-19(26)12-16-13(2)25(22(27)14-5-7-15(23)8-6-14)17-9-10-18(28-3)21(24)20(16)17/h5-10H,4,11-12H2,1-3H3. The summed E-state index contributed by atoms with van der Waals surface area (Å²) in [7, 11) is 1.52. The number of carbonyl (C=O) groups is 2. The summed E-state index contributed by atoms with van der Waals surface area (Å²) < 4.78 is 12.1. The van der Waals surface area contributed by atoms with Crippen LogP contribution in [0.3, 0.4) is 0 Å². The lowest BCUT2D eigenvalue weighted by Gasteiger charge is -2.08. The number of halogens is 2. The molecule has 152 valence electrons. The zero-order chi connectivity index (χ0) is 21.1. The number of methoxy groups -OCH3 is 1. The highest BCUT2D eigenvalue weighted by atomic mass is 35.5. The van der Waals surface area contributed by atoms with E-state index in [1.165, 1.54) is 7.11 Å². The SMILES string of the molecule is CCCOC(=O)Cc1c(C)n(C(=O)c2ccc(Cl)cc2)c2ccc(OC)c(Cl)c12. The van der Waals surface area contributed by atoms with Crippen LogP contribution in [0.4, 0.5) is 0 Å². The highest BCUT2D eigenvalue weighted by Crippen LogP contribution is 2.38. The van der Waals surface area contributed by atoms with Gasteiger partial charge in [0, 0.05) is 21.7 Å². The zero-order valence-electron chi connectivity index (χ0n) is 16.4. The van der Waals surface area contributed by atoms with Crippen molar-refractivity contribution >= 4 is 46.0 Å². The monoisotopic (exact) mass is 433 g/mol. The van der Waals surface area contributed by atoms with Gasteiger partial charge in [0.15, 0.2) is 0 Å². The summed E-state index contributed by atoms with van der Waals surface area (Å²) in [6.45, 7) is 4.06. The Morgan fingerprint density at radius 1 is 1.07 bits per heavy atom. The van der Waals surface area contributed by atoms with Gasteiger partial charge in [0.1, 0.15) is 5.75 Å². The molecule has 0 saturated heterocycles. The summed E-state index contributed by atoms with van der Waals surface area (Å²) in [5.74, 6) is -0.135. The average Bonchev–Trinajstić information content (AvgIpc) is 2.99. The molecule has 7 heteroatoms. The van der Waals surface area contributed by atoms with E-state index in [2.05, 4.69) is 0 Å². The van der Waals surface area contributed by atoms with Crippen molar-refractivity contribution in [3.05, 3.63) is 63.3 Å². The Morgan fingerprint density at radius 3 is 2.38 bits per heavy atom. The molecule has 5 nitrogen and oxygen atoms in total. The van der Waals surface area contributed by atoms with Crippen molar-refractivity contribution in [2.24, 2.45) is 0 Å². The normalized spacial score (nSPS) is 10.9. The Morgan fingerprint density at radius 2 is 1.76 bits per heavy atom. The number of rotatable bonds is 6. The average molecular weight is 434 g/mol. The summed E-state index contributed by atoms with van der Waals surface area (Å²) in [6.07, 6.45) is 0.742. The molecule has 0 aliphatic rings. The van der Waals surface area contributed by atoms with Crippen LogP contribution >= 0.6 is 23.2 Å². The number of ether oxygens (including phenoxy) is 2. The molecule has 0 bridgehead atoms. The van der Waals surface area contributed by atoms with E-state index < -0.39 is 0 Å². The molecule has 1 aromatic heterocycles. The van der Waals surface area contributed by atoms with Crippen LogP contribution in [0.2, 0.25) is 10.0 Å². The molecule has 0 spiro atoms. The van der Waals surface area contributed by atoms with Gasteiger partial charge in [-0.1, -0.05) is 30.1 Å². The first-order valence-corrected chi connectivity index (χ1v) is 9.96. The number of carbonyl (C=O) groups excluding carboxylic acids is 2. The first kappa shape index (κ1) is 21.2. The van der Waals surface area contributed by atoms with Crippen molar-refractivity contribution in [1.29, 1.82) is 0 Å². The Balaban J connectivity index is 2.19. The summed E-state index contributed by atoms with van der Waals surface area (Å²) in [4.78, 5) is 25.6. The second-order valence-corrected chi connectivity index (χ2v) is 7.40. The number of hydrogen-bond acceptors (Lipinski definition) is 4. The van der Waals surface area contributed by atoms with Gasteiger partial charge >= 0.3 is 5.97 Å².